The number of pyridine rings is 1. The minimum absolute atomic E-state index is 0.00728. The maximum atomic E-state index is 12.6. The summed E-state index contributed by atoms with van der Waals surface area (Å²) in [5.41, 5.74) is -1.97. The van der Waals surface area contributed by atoms with E-state index in [4.69, 9.17) is 16.0 Å². The summed E-state index contributed by atoms with van der Waals surface area (Å²) in [6.07, 6.45) is -2.05. The van der Waals surface area contributed by atoms with E-state index in [2.05, 4.69) is 0 Å². The van der Waals surface area contributed by atoms with Crippen LogP contribution in [0.1, 0.15) is 11.3 Å². The molecule has 2 aromatic rings. The van der Waals surface area contributed by atoms with Gasteiger partial charge in [0.05, 0.1) is 11.6 Å². The monoisotopic (exact) mass is 334 g/mol. The van der Waals surface area contributed by atoms with Crippen molar-refractivity contribution in [2.45, 2.75) is 6.18 Å². The molecule has 2 aromatic heterocycles. The first-order chi connectivity index (χ1) is 10.2. The Hall–Kier alpha value is -2.55. The lowest BCUT2D eigenvalue weighted by molar-refractivity contribution is -0.402. The molecular weight excluding hydrogens is 329 g/mol. The van der Waals surface area contributed by atoms with E-state index < -0.39 is 33.1 Å². The number of halogens is 4. The topological polar surface area (TPSA) is 78.3 Å². The number of furan rings is 1. The van der Waals surface area contributed by atoms with Gasteiger partial charge in [0.25, 0.3) is 5.56 Å². The summed E-state index contributed by atoms with van der Waals surface area (Å²) < 4.78 is 43.3. The van der Waals surface area contributed by atoms with Crippen LogP contribution in [0.15, 0.2) is 33.6 Å². The molecule has 0 aliphatic heterocycles. The van der Waals surface area contributed by atoms with Gasteiger partial charge in [-0.2, -0.15) is 13.2 Å². The van der Waals surface area contributed by atoms with Crippen LogP contribution < -0.4 is 5.56 Å². The zero-order chi connectivity index (χ0) is 16.5. The molecule has 0 unspecified atom stereocenters. The fraction of sp³-hybridized carbons (Fsp3) is 0.0833. The van der Waals surface area contributed by atoms with Gasteiger partial charge in [0.15, 0.2) is 0 Å². The predicted octanol–water partition coefficient (Wildman–Crippen LogP) is 3.65. The second kappa shape index (κ2) is 5.68. The first-order valence-corrected chi connectivity index (χ1v) is 5.97. The van der Waals surface area contributed by atoms with Crippen LogP contribution in [0.3, 0.4) is 0 Å². The molecule has 0 atom stereocenters. The molecule has 2 rings (SSSR count). The molecule has 0 aliphatic carbocycles. The zero-order valence-corrected chi connectivity index (χ0v) is 11.3. The first kappa shape index (κ1) is 15.8. The van der Waals surface area contributed by atoms with Crippen molar-refractivity contribution in [3.05, 3.63) is 61.2 Å². The summed E-state index contributed by atoms with van der Waals surface area (Å²) in [4.78, 5) is 21.3. The summed E-state index contributed by atoms with van der Waals surface area (Å²) in [6, 6.07) is 2.82. The van der Waals surface area contributed by atoms with Gasteiger partial charge < -0.3 is 4.42 Å². The summed E-state index contributed by atoms with van der Waals surface area (Å²) in [6.45, 7) is 0. The van der Waals surface area contributed by atoms with Crippen LogP contribution in [0, 0.1) is 10.1 Å². The maximum Gasteiger partial charge on any atom is 0.433 e. The normalized spacial score (nSPS) is 12.0. The van der Waals surface area contributed by atoms with Crippen LogP contribution in [0.5, 0.6) is 0 Å². The summed E-state index contributed by atoms with van der Waals surface area (Å²) >= 11 is 5.47. The van der Waals surface area contributed by atoms with E-state index >= 15 is 0 Å². The average molecular weight is 335 g/mol. The zero-order valence-electron chi connectivity index (χ0n) is 10.5. The van der Waals surface area contributed by atoms with Gasteiger partial charge >= 0.3 is 12.1 Å². The number of rotatable bonds is 3. The Balaban J connectivity index is 2.39. The molecule has 6 nitrogen and oxygen atoms in total. The Morgan fingerprint density at radius 2 is 2.05 bits per heavy atom. The Morgan fingerprint density at radius 1 is 1.36 bits per heavy atom. The summed E-state index contributed by atoms with van der Waals surface area (Å²) in [5.74, 6) is -0.541. The number of hydrogen-bond acceptors (Lipinski definition) is 4. The highest BCUT2D eigenvalue weighted by atomic mass is 35.5. The van der Waals surface area contributed by atoms with Gasteiger partial charge in [0.2, 0.25) is 0 Å². The fourth-order valence-corrected chi connectivity index (χ4v) is 1.73. The lowest BCUT2D eigenvalue weighted by Gasteiger charge is -2.08. The van der Waals surface area contributed by atoms with E-state index in [0.29, 0.717) is 16.8 Å². The molecule has 0 saturated carbocycles. The molecule has 0 bridgehead atoms. The van der Waals surface area contributed by atoms with Crippen molar-refractivity contribution >= 4 is 29.8 Å². The third kappa shape index (κ3) is 3.37. The molecule has 0 radical (unpaired) electrons. The SMILES string of the molecule is O=c1c(Cl)cc(C(F)(F)F)cn1/C=C/c1ccc([N+](=O)[O-])o1. The van der Waals surface area contributed by atoms with Crippen LogP contribution in [-0.4, -0.2) is 9.49 Å². The van der Waals surface area contributed by atoms with Crippen molar-refractivity contribution in [1.82, 2.24) is 4.57 Å². The number of nitrogens with zero attached hydrogens (tertiary/aromatic N) is 2. The standard InChI is InChI=1S/C12H6ClF3N2O4/c13-9-5-7(12(14,15)16)6-17(11(9)19)4-3-8-1-2-10(22-8)18(20)21/h1-6H/b4-3+. The fourth-order valence-electron chi connectivity index (χ4n) is 1.52. The first-order valence-electron chi connectivity index (χ1n) is 5.60. The number of hydrogen-bond donors (Lipinski definition) is 0. The lowest BCUT2D eigenvalue weighted by atomic mass is 10.3. The predicted molar refractivity (Wildman–Crippen MR) is 71.3 cm³/mol. The number of alkyl halides is 3. The van der Waals surface area contributed by atoms with Crippen molar-refractivity contribution in [1.29, 1.82) is 0 Å². The van der Waals surface area contributed by atoms with E-state index in [1.54, 1.807) is 0 Å². The number of aromatic nitrogens is 1. The van der Waals surface area contributed by atoms with Crippen molar-refractivity contribution in [3.63, 3.8) is 0 Å². The number of nitro groups is 1. The average Bonchev–Trinajstić information content (AvgIpc) is 2.88. The molecule has 0 spiro atoms. The van der Waals surface area contributed by atoms with Gasteiger partial charge in [-0.1, -0.05) is 11.6 Å². The summed E-state index contributed by atoms with van der Waals surface area (Å²) in [5, 5.41) is 9.83. The van der Waals surface area contributed by atoms with E-state index in [9.17, 15) is 28.1 Å². The largest absolute Gasteiger partial charge is 0.433 e. The van der Waals surface area contributed by atoms with Gasteiger partial charge in [0.1, 0.15) is 15.7 Å². The van der Waals surface area contributed by atoms with E-state index in [0.717, 1.165) is 18.3 Å². The molecule has 116 valence electrons. The smallest absolute Gasteiger partial charge is 0.401 e. The molecule has 2 heterocycles. The van der Waals surface area contributed by atoms with Crippen molar-refractivity contribution in [3.8, 4) is 0 Å². The Kier molecular flexibility index (Phi) is 4.09. The molecule has 0 amide bonds. The maximum absolute atomic E-state index is 12.6. The van der Waals surface area contributed by atoms with E-state index in [-0.39, 0.29) is 5.76 Å². The van der Waals surface area contributed by atoms with Crippen molar-refractivity contribution in [2.24, 2.45) is 0 Å². The highest BCUT2D eigenvalue weighted by Gasteiger charge is 2.31. The third-order valence-corrected chi connectivity index (χ3v) is 2.79. The third-order valence-electron chi connectivity index (χ3n) is 2.52. The second-order valence-corrected chi connectivity index (χ2v) is 4.44. The second-order valence-electron chi connectivity index (χ2n) is 4.04. The Labute approximate surface area is 125 Å². The van der Waals surface area contributed by atoms with E-state index in [1.807, 2.05) is 0 Å². The van der Waals surface area contributed by atoms with Crippen LogP contribution in [-0.2, 0) is 6.18 Å². The van der Waals surface area contributed by atoms with Gasteiger partial charge in [0, 0.05) is 12.4 Å². The molecular formula is C12H6ClF3N2O4. The Morgan fingerprint density at radius 3 is 2.59 bits per heavy atom. The van der Waals surface area contributed by atoms with Crippen LogP contribution in [0.2, 0.25) is 5.02 Å². The van der Waals surface area contributed by atoms with Crippen LogP contribution in [0.25, 0.3) is 12.3 Å². The Bertz CT molecular complexity index is 807. The molecule has 10 heteroatoms. The molecule has 0 fully saturated rings. The molecule has 0 aliphatic rings. The van der Waals surface area contributed by atoms with Crippen molar-refractivity contribution < 1.29 is 22.5 Å². The quantitative estimate of drug-likeness (QED) is 0.634. The minimum atomic E-state index is -4.67. The van der Waals surface area contributed by atoms with E-state index in [1.165, 1.54) is 6.07 Å². The highest BCUT2D eigenvalue weighted by Crippen LogP contribution is 2.29. The molecule has 0 aromatic carbocycles. The highest BCUT2D eigenvalue weighted by molar-refractivity contribution is 6.30. The van der Waals surface area contributed by atoms with Crippen LogP contribution in [0.4, 0.5) is 19.1 Å². The van der Waals surface area contributed by atoms with Gasteiger partial charge in [-0.05, 0) is 18.2 Å². The van der Waals surface area contributed by atoms with Gasteiger partial charge in [-0.3, -0.25) is 19.5 Å². The lowest BCUT2D eigenvalue weighted by Crippen LogP contribution is -2.19. The minimum Gasteiger partial charge on any atom is -0.401 e. The molecule has 0 saturated heterocycles. The molecule has 22 heavy (non-hydrogen) atoms. The van der Waals surface area contributed by atoms with Crippen molar-refractivity contribution in [2.75, 3.05) is 0 Å². The van der Waals surface area contributed by atoms with Crippen LogP contribution >= 0.6 is 11.6 Å². The van der Waals surface area contributed by atoms with Gasteiger partial charge in [-0.25, -0.2) is 0 Å². The summed E-state index contributed by atoms with van der Waals surface area (Å²) in [7, 11) is 0. The van der Waals surface area contributed by atoms with Gasteiger partial charge in [-0.15, -0.1) is 0 Å². The molecule has 0 N–H and O–H groups in total.